The number of carboxylic acid groups (broad SMARTS) is 1. The highest BCUT2D eigenvalue weighted by Gasteiger charge is 2.38. The molecule has 0 spiro atoms. The number of halogens is 1. The van der Waals surface area contributed by atoms with E-state index in [1.807, 2.05) is 4.90 Å². The lowest BCUT2D eigenvalue weighted by Crippen LogP contribution is -2.47. The molecule has 0 radical (unpaired) electrons. The number of aromatic carboxylic acids is 1. The van der Waals surface area contributed by atoms with Crippen molar-refractivity contribution in [1.82, 2.24) is 19.8 Å². The summed E-state index contributed by atoms with van der Waals surface area (Å²) in [5.41, 5.74) is -0.854. The second kappa shape index (κ2) is 14.0. The van der Waals surface area contributed by atoms with E-state index < -0.39 is 39.2 Å². The first-order chi connectivity index (χ1) is 21.3. The summed E-state index contributed by atoms with van der Waals surface area (Å²) in [7, 11) is -4.36. The van der Waals surface area contributed by atoms with Gasteiger partial charge in [0.1, 0.15) is 5.82 Å². The molecule has 0 bridgehead atoms. The van der Waals surface area contributed by atoms with Crippen LogP contribution in [-0.2, 0) is 19.7 Å². The molecule has 1 aliphatic rings. The van der Waals surface area contributed by atoms with Gasteiger partial charge in [-0.2, -0.15) is 0 Å². The Balaban J connectivity index is 1.29. The quantitative estimate of drug-likeness (QED) is 0.262. The van der Waals surface area contributed by atoms with Crippen molar-refractivity contribution >= 4 is 39.5 Å². The van der Waals surface area contributed by atoms with Gasteiger partial charge in [0.2, 0.25) is 5.95 Å². The van der Waals surface area contributed by atoms with Gasteiger partial charge in [-0.25, -0.2) is 27.6 Å². The van der Waals surface area contributed by atoms with E-state index in [1.165, 1.54) is 26.8 Å². The number of amides is 1. The number of anilines is 2. The Morgan fingerprint density at radius 2 is 1.67 bits per heavy atom. The monoisotopic (exact) mass is 642 g/mol. The van der Waals surface area contributed by atoms with Crippen molar-refractivity contribution in [3.8, 4) is 0 Å². The normalized spacial score (nSPS) is 14.2. The molecule has 240 valence electrons. The number of carboxylic acids is 1. The molecular formula is C30H35FN6O7S. The molecule has 0 atom stereocenters. The molecule has 3 N–H and O–H groups in total. The first kappa shape index (κ1) is 33.3. The lowest BCUT2D eigenvalue weighted by molar-refractivity contribution is -0.182. The first-order valence-corrected chi connectivity index (χ1v) is 15.7. The molecule has 0 aliphatic carbocycles. The second-order valence-corrected chi connectivity index (χ2v) is 13.1. The maximum Gasteiger partial charge on any atom is 0.335 e. The summed E-state index contributed by atoms with van der Waals surface area (Å²) in [5.74, 6) is -2.77. The number of benzene rings is 2. The lowest BCUT2D eigenvalue weighted by Gasteiger charge is -2.34. The highest BCUT2D eigenvalue weighted by molar-refractivity contribution is 7.89. The van der Waals surface area contributed by atoms with E-state index in [4.69, 9.17) is 9.94 Å². The first-order valence-electron chi connectivity index (χ1n) is 14.2. The van der Waals surface area contributed by atoms with E-state index in [9.17, 15) is 22.8 Å². The molecule has 1 aromatic heterocycles. The zero-order valence-corrected chi connectivity index (χ0v) is 25.9. The van der Waals surface area contributed by atoms with Crippen LogP contribution in [0.4, 0.5) is 16.0 Å². The van der Waals surface area contributed by atoms with Crippen molar-refractivity contribution in [3.05, 3.63) is 77.9 Å². The Morgan fingerprint density at radius 3 is 2.24 bits per heavy atom. The molecule has 4 rings (SSSR count). The zero-order chi connectivity index (χ0) is 32.8. The van der Waals surface area contributed by atoms with Crippen LogP contribution >= 0.6 is 0 Å². The number of nitrogens with zero attached hydrogens (tertiary/aromatic N) is 4. The third-order valence-corrected chi connectivity index (χ3v) is 8.84. The Morgan fingerprint density at radius 1 is 1.04 bits per heavy atom. The largest absolute Gasteiger partial charge is 0.478 e. The van der Waals surface area contributed by atoms with E-state index in [0.717, 1.165) is 43.2 Å². The summed E-state index contributed by atoms with van der Waals surface area (Å²) in [4.78, 5) is 51.6. The van der Waals surface area contributed by atoms with Gasteiger partial charge >= 0.3 is 11.9 Å². The van der Waals surface area contributed by atoms with E-state index in [0.29, 0.717) is 29.2 Å². The minimum absolute atomic E-state index is 0.0612. The van der Waals surface area contributed by atoms with Crippen LogP contribution in [0.25, 0.3) is 0 Å². The van der Waals surface area contributed by atoms with Crippen LogP contribution in [0.2, 0.25) is 0 Å². The molecule has 1 aliphatic heterocycles. The third kappa shape index (κ3) is 8.51. The van der Waals surface area contributed by atoms with E-state index in [2.05, 4.69) is 20.6 Å². The van der Waals surface area contributed by atoms with Gasteiger partial charge in [-0.1, -0.05) is 0 Å². The van der Waals surface area contributed by atoms with Crippen LogP contribution in [0.1, 0.15) is 60.7 Å². The standard InChI is InChI=1S/C30H35FN6O7S/c1-30(2,3)37(45(42,43)23-8-5-20(6-9-23)28(40)41)44-26(38)11-16-32-27(39)21-7-10-25(24(31)19-21)36-17-12-22(13-18-36)35-29-33-14-4-15-34-29/h4-10,14-15,19,22H,11-13,16-18H2,1-3H3,(H,32,39)(H,40,41)(H,33,34,35). The maximum absolute atomic E-state index is 15.0. The van der Waals surface area contributed by atoms with Crippen molar-refractivity contribution in [2.75, 3.05) is 29.9 Å². The third-order valence-electron chi connectivity index (χ3n) is 6.91. The molecule has 1 amide bonds. The average Bonchev–Trinajstić information content (AvgIpc) is 3.00. The van der Waals surface area contributed by atoms with Gasteiger partial charge in [-0.05, 0) is 86.6 Å². The second-order valence-electron chi connectivity index (χ2n) is 11.3. The van der Waals surface area contributed by atoms with Crippen LogP contribution in [0.3, 0.4) is 0 Å². The highest BCUT2D eigenvalue weighted by Crippen LogP contribution is 2.27. The minimum atomic E-state index is -4.36. The topological polar surface area (TPSA) is 171 Å². The highest BCUT2D eigenvalue weighted by atomic mass is 32.2. The van der Waals surface area contributed by atoms with Gasteiger partial charge in [-0.15, -0.1) is 0 Å². The summed E-state index contributed by atoms with van der Waals surface area (Å²) in [6.07, 6.45) is 4.45. The number of carbonyl (C=O) groups excluding carboxylic acids is 2. The molecule has 45 heavy (non-hydrogen) atoms. The Labute approximate surface area is 260 Å². The summed E-state index contributed by atoms with van der Waals surface area (Å²) in [6.45, 7) is 5.55. The maximum atomic E-state index is 15.0. The van der Waals surface area contributed by atoms with Crippen molar-refractivity contribution in [2.24, 2.45) is 0 Å². The number of aromatic nitrogens is 2. The summed E-state index contributed by atoms with van der Waals surface area (Å²) in [5, 5.41) is 14.9. The van der Waals surface area contributed by atoms with Gasteiger partial charge < -0.3 is 25.5 Å². The van der Waals surface area contributed by atoms with Crippen LogP contribution in [-0.4, -0.2) is 77.0 Å². The number of sulfonamides is 1. The van der Waals surface area contributed by atoms with Crippen molar-refractivity contribution in [2.45, 2.75) is 56.5 Å². The predicted molar refractivity (Wildman–Crippen MR) is 163 cm³/mol. The number of hydroxylamine groups is 1. The summed E-state index contributed by atoms with van der Waals surface area (Å²) < 4.78 is 42.0. The summed E-state index contributed by atoms with van der Waals surface area (Å²) in [6, 6.07) is 10.5. The van der Waals surface area contributed by atoms with Crippen LogP contribution in [0.15, 0.2) is 65.8 Å². The molecule has 1 saturated heterocycles. The zero-order valence-electron chi connectivity index (χ0n) is 25.1. The Kier molecular flexibility index (Phi) is 10.3. The number of nitrogens with one attached hydrogen (secondary N) is 2. The van der Waals surface area contributed by atoms with Crippen molar-refractivity contribution in [3.63, 3.8) is 0 Å². The van der Waals surface area contributed by atoms with Gasteiger partial charge in [0.05, 0.1) is 28.1 Å². The molecule has 2 heterocycles. The number of rotatable bonds is 11. The van der Waals surface area contributed by atoms with E-state index >= 15 is 4.39 Å². The van der Waals surface area contributed by atoms with Crippen molar-refractivity contribution < 1.29 is 37.1 Å². The van der Waals surface area contributed by atoms with Gasteiger partial charge in [0, 0.05) is 43.6 Å². The number of hydrogen-bond donors (Lipinski definition) is 3. The number of piperidine rings is 1. The predicted octanol–water partition coefficient (Wildman–Crippen LogP) is 3.46. The fourth-order valence-corrected chi connectivity index (χ4v) is 6.23. The minimum Gasteiger partial charge on any atom is -0.478 e. The Hall–Kier alpha value is -4.63. The molecular weight excluding hydrogens is 607 g/mol. The molecule has 0 saturated carbocycles. The molecule has 3 aromatic rings. The van der Waals surface area contributed by atoms with E-state index in [1.54, 1.807) is 24.5 Å². The van der Waals surface area contributed by atoms with Gasteiger partial charge in [0.25, 0.3) is 15.9 Å². The van der Waals surface area contributed by atoms with Crippen LogP contribution in [0, 0.1) is 5.82 Å². The average molecular weight is 643 g/mol. The van der Waals surface area contributed by atoms with Gasteiger partial charge in [0.15, 0.2) is 0 Å². The lowest BCUT2D eigenvalue weighted by atomic mass is 10.0. The fourth-order valence-electron chi connectivity index (χ4n) is 4.66. The smallest absolute Gasteiger partial charge is 0.335 e. The van der Waals surface area contributed by atoms with Crippen LogP contribution < -0.4 is 15.5 Å². The van der Waals surface area contributed by atoms with Crippen molar-refractivity contribution in [1.29, 1.82) is 0 Å². The summed E-state index contributed by atoms with van der Waals surface area (Å²) >= 11 is 0. The molecule has 15 heteroatoms. The molecule has 1 fully saturated rings. The molecule has 13 nitrogen and oxygen atoms in total. The molecule has 2 aromatic carbocycles. The SMILES string of the molecule is CC(C)(C)N(OC(=O)CCNC(=O)c1ccc(N2CCC(Nc3ncccn3)CC2)c(F)c1)S(=O)(=O)c1ccc(C(=O)O)cc1. The fraction of sp³-hybridized carbons (Fsp3) is 0.367. The van der Waals surface area contributed by atoms with Gasteiger partial charge in [-0.3, -0.25) is 9.59 Å². The van der Waals surface area contributed by atoms with Crippen LogP contribution in [0.5, 0.6) is 0 Å². The number of carbonyl (C=O) groups is 3. The number of hydrogen-bond acceptors (Lipinski definition) is 10. The van der Waals surface area contributed by atoms with E-state index in [-0.39, 0.29) is 35.0 Å². The Bertz CT molecular complexity index is 1620. The molecule has 0 unspecified atom stereocenters.